The predicted molar refractivity (Wildman–Crippen MR) is 174 cm³/mol. The molecule has 47 heavy (non-hydrogen) atoms. The molecule has 4 aliphatic rings. The highest BCUT2D eigenvalue weighted by Crippen LogP contribution is 2.71. The summed E-state index contributed by atoms with van der Waals surface area (Å²) in [5.74, 6) is -2.46. The van der Waals surface area contributed by atoms with E-state index >= 15 is 8.78 Å². The number of carbonyl (C=O) groups excluding carboxylic acids is 2. The first-order valence-electron chi connectivity index (χ1n) is 16.6. The van der Waals surface area contributed by atoms with Crippen LogP contribution in [0.3, 0.4) is 0 Å². The second kappa shape index (κ2) is 12.0. The van der Waals surface area contributed by atoms with E-state index in [1.54, 1.807) is 13.8 Å². The van der Waals surface area contributed by atoms with Crippen molar-refractivity contribution in [3.8, 4) is 0 Å². The summed E-state index contributed by atoms with van der Waals surface area (Å²) in [6.07, 6.45) is -0.317. The maximum Gasteiger partial charge on any atom is 0.190 e. The van der Waals surface area contributed by atoms with Gasteiger partial charge in [0, 0.05) is 40.5 Å². The Labute approximate surface area is 274 Å². The first kappa shape index (κ1) is 33.7. The fourth-order valence-corrected chi connectivity index (χ4v) is 9.53. The van der Waals surface area contributed by atoms with Gasteiger partial charge in [0.15, 0.2) is 23.5 Å². The molecule has 4 N–H and O–H groups in total. The zero-order chi connectivity index (χ0) is 33.9. The number of aliphatic hydroxyl groups is 2. The Hall–Kier alpha value is -3.24. The maximum atomic E-state index is 17.6. The second-order valence-electron chi connectivity index (χ2n) is 14.3. The van der Waals surface area contributed by atoms with Crippen molar-refractivity contribution in [1.29, 1.82) is 0 Å². The molecule has 6 rings (SSSR count). The minimum Gasteiger partial charge on any atom is -0.399 e. The van der Waals surface area contributed by atoms with E-state index in [-0.39, 0.29) is 37.4 Å². The third-order valence-electron chi connectivity index (χ3n) is 12.1. The number of nitrogen functional groups attached to an aromatic ring is 1. The number of Topliss-reactive ketones (excluding diaryl/α,β-unsaturated/α-hetero) is 1. The second-order valence-corrected chi connectivity index (χ2v) is 14.3. The van der Waals surface area contributed by atoms with Gasteiger partial charge in [-0.2, -0.15) is 0 Å². The molecule has 0 heterocycles. The monoisotopic (exact) mass is 649 g/mol. The lowest BCUT2D eigenvalue weighted by atomic mass is 9.44. The Morgan fingerprint density at radius 1 is 1.11 bits per heavy atom. The normalized spacial score (nSPS) is 37.4. The number of rotatable bonds is 9. The molecule has 0 aromatic heterocycles. The van der Waals surface area contributed by atoms with Gasteiger partial charge < -0.3 is 25.4 Å². The van der Waals surface area contributed by atoms with Gasteiger partial charge in [-0.25, -0.2) is 8.78 Å². The molecule has 0 saturated heterocycles. The van der Waals surface area contributed by atoms with E-state index < -0.39 is 70.7 Å². The summed E-state index contributed by atoms with van der Waals surface area (Å²) in [6.45, 7) is 6.68. The minimum absolute atomic E-state index is 0.0447. The molecule has 252 valence electrons. The fraction of sp³-hybridized carbons (Fsp3) is 0.526. The number of allylic oxidation sites excluding steroid dienone is 4. The van der Waals surface area contributed by atoms with Crippen molar-refractivity contribution >= 4 is 17.3 Å². The quantitative estimate of drug-likeness (QED) is 0.222. The number of ether oxygens (including phenoxy) is 2. The van der Waals surface area contributed by atoms with Crippen LogP contribution in [0.5, 0.6) is 0 Å². The Bertz CT molecular complexity index is 1610. The number of anilines is 1. The van der Waals surface area contributed by atoms with Crippen LogP contribution in [0, 0.1) is 22.7 Å². The number of fused-ring (bicyclic) bond motifs is 5. The van der Waals surface area contributed by atoms with Gasteiger partial charge in [0.05, 0.1) is 6.10 Å². The largest absolute Gasteiger partial charge is 0.399 e. The first-order valence-corrected chi connectivity index (χ1v) is 16.6. The summed E-state index contributed by atoms with van der Waals surface area (Å²) >= 11 is 0. The Morgan fingerprint density at radius 2 is 1.81 bits per heavy atom. The number of nitrogens with two attached hydrogens (primary N) is 1. The van der Waals surface area contributed by atoms with E-state index in [0.717, 1.165) is 17.2 Å². The highest BCUT2D eigenvalue weighted by Gasteiger charge is 2.76. The number of ketones is 2. The molecule has 7 nitrogen and oxygen atoms in total. The third kappa shape index (κ3) is 4.95. The number of hydrogen-bond acceptors (Lipinski definition) is 7. The van der Waals surface area contributed by atoms with Crippen LogP contribution < -0.4 is 5.73 Å². The number of hydrogen-bond donors (Lipinski definition) is 3. The van der Waals surface area contributed by atoms with Gasteiger partial charge in [-0.1, -0.05) is 56.3 Å². The van der Waals surface area contributed by atoms with Gasteiger partial charge >= 0.3 is 0 Å². The van der Waals surface area contributed by atoms with Crippen molar-refractivity contribution in [2.45, 2.75) is 89.1 Å². The van der Waals surface area contributed by atoms with Crippen molar-refractivity contribution in [3.05, 3.63) is 89.0 Å². The highest BCUT2D eigenvalue weighted by molar-refractivity contribution is 6.01. The number of alkyl halides is 2. The summed E-state index contributed by atoms with van der Waals surface area (Å²) in [6, 6.07) is 15.4. The highest BCUT2D eigenvalue weighted by atomic mass is 19.1. The van der Waals surface area contributed by atoms with E-state index in [1.807, 2.05) is 55.5 Å². The molecule has 2 aromatic rings. The van der Waals surface area contributed by atoms with E-state index in [2.05, 4.69) is 6.92 Å². The van der Waals surface area contributed by atoms with Gasteiger partial charge in [0.25, 0.3) is 0 Å². The summed E-state index contributed by atoms with van der Waals surface area (Å²) in [5.41, 5.74) is 2.89. The molecule has 0 amide bonds. The van der Waals surface area contributed by atoms with Crippen molar-refractivity contribution in [1.82, 2.24) is 0 Å². The molecule has 10 atom stereocenters. The van der Waals surface area contributed by atoms with Gasteiger partial charge in [-0.3, -0.25) is 9.59 Å². The van der Waals surface area contributed by atoms with Gasteiger partial charge in [-0.15, -0.1) is 0 Å². The van der Waals surface area contributed by atoms with Crippen LogP contribution in [0.15, 0.2) is 72.3 Å². The van der Waals surface area contributed by atoms with Crippen LogP contribution in [0.25, 0.3) is 0 Å². The molecule has 0 spiro atoms. The first-order chi connectivity index (χ1) is 22.3. The van der Waals surface area contributed by atoms with E-state index in [9.17, 15) is 19.8 Å². The smallest absolute Gasteiger partial charge is 0.190 e. The zero-order valence-corrected chi connectivity index (χ0v) is 27.4. The Balaban J connectivity index is 1.35. The predicted octanol–water partition coefficient (Wildman–Crippen LogP) is 6.09. The van der Waals surface area contributed by atoms with Gasteiger partial charge in [0.1, 0.15) is 18.4 Å². The van der Waals surface area contributed by atoms with E-state index in [4.69, 9.17) is 15.2 Å². The van der Waals surface area contributed by atoms with E-state index in [1.165, 1.54) is 12.2 Å². The summed E-state index contributed by atoms with van der Waals surface area (Å²) in [5, 5.41) is 22.0. The summed E-state index contributed by atoms with van der Waals surface area (Å²) in [4.78, 5) is 26.1. The number of benzene rings is 2. The van der Waals surface area contributed by atoms with Crippen molar-refractivity contribution in [3.63, 3.8) is 0 Å². The minimum atomic E-state index is -2.28. The molecular weight excluding hydrogens is 604 g/mol. The summed E-state index contributed by atoms with van der Waals surface area (Å²) < 4.78 is 46.4. The van der Waals surface area contributed by atoms with Crippen LogP contribution in [-0.4, -0.2) is 58.5 Å². The molecular formula is C38H45F2NO6. The van der Waals surface area contributed by atoms with Crippen molar-refractivity contribution < 1.29 is 38.1 Å². The van der Waals surface area contributed by atoms with Crippen LogP contribution in [0.4, 0.5) is 14.5 Å². The molecule has 4 aliphatic carbocycles. The van der Waals surface area contributed by atoms with Crippen molar-refractivity contribution in [2.24, 2.45) is 22.7 Å². The van der Waals surface area contributed by atoms with Crippen molar-refractivity contribution in [2.75, 3.05) is 18.9 Å². The molecule has 1 unspecified atom stereocenters. The van der Waals surface area contributed by atoms with Crippen LogP contribution in [0.2, 0.25) is 0 Å². The molecule has 0 bridgehead atoms. The molecule has 0 radical (unpaired) electrons. The lowest BCUT2D eigenvalue weighted by Gasteiger charge is -2.63. The van der Waals surface area contributed by atoms with Crippen LogP contribution in [-0.2, 0) is 19.1 Å². The van der Waals surface area contributed by atoms with Crippen LogP contribution >= 0.6 is 0 Å². The van der Waals surface area contributed by atoms with Gasteiger partial charge in [0.2, 0.25) is 0 Å². The topological polar surface area (TPSA) is 119 Å². The third-order valence-corrected chi connectivity index (χ3v) is 12.1. The van der Waals surface area contributed by atoms with E-state index in [0.29, 0.717) is 17.7 Å². The molecule has 3 fully saturated rings. The zero-order valence-electron chi connectivity index (χ0n) is 27.4. The molecule has 2 aromatic carbocycles. The Morgan fingerprint density at radius 3 is 2.47 bits per heavy atom. The lowest BCUT2D eigenvalue weighted by Crippen LogP contribution is -2.70. The maximum absolute atomic E-state index is 17.6. The average Bonchev–Trinajstić information content (AvgIpc) is 3.34. The van der Waals surface area contributed by atoms with Crippen LogP contribution in [0.1, 0.15) is 82.3 Å². The summed E-state index contributed by atoms with van der Waals surface area (Å²) in [7, 11) is 0. The number of halogens is 2. The molecule has 9 heteroatoms. The molecule has 0 aliphatic heterocycles. The standard InChI is InChI=1S/C38H45F2NO6/c1-5-46-34(24-11-9-23(10-12-24)22(2)25-7-6-8-26(41)17-25)47-37(33(45)21-42)16-14-28-29-19-31(39)30-18-27(43)13-15-35(30,3)38(29,40)32(44)20-36(28,37)4/h6-13,15,17-18,22,28-29,31-32,34,42,44H,5,14,16,19-21,41H2,1-4H3/t22-,28?,29-,31-,32-,34-,35-,36-,37-,38-/m0/s1. The average molecular weight is 650 g/mol. The molecule has 3 saturated carbocycles. The SMILES string of the molecule is CCO[C@@H](O[C@]1(C(=O)CO)CCC2[C@@H]3C[C@H](F)C4=CC(=O)C=C[C@]4(C)[C@@]3(F)[C@@H](O)C[C@@]21C)c1ccc([C@H](C)c2cccc(N)c2)cc1. The fourth-order valence-electron chi connectivity index (χ4n) is 9.53. The Kier molecular flexibility index (Phi) is 8.61. The number of aliphatic hydroxyl groups excluding tert-OH is 2. The number of carbonyl (C=O) groups is 2. The van der Waals surface area contributed by atoms with Gasteiger partial charge in [-0.05, 0) is 86.4 Å². The lowest BCUT2D eigenvalue weighted by molar-refractivity contribution is -0.268.